The lowest BCUT2D eigenvalue weighted by atomic mass is 9.65. The SMILES string of the molecule is NC1C2CCCC1CC(C(=O)N1CCC(NC(=O)C3CCCCC3)CC1)C2. The number of nitrogens with one attached hydrogen (secondary N) is 1. The van der Waals surface area contributed by atoms with Crippen molar-refractivity contribution in [1.29, 1.82) is 0 Å². The summed E-state index contributed by atoms with van der Waals surface area (Å²) in [6, 6.07) is 0.575. The van der Waals surface area contributed by atoms with Crippen molar-refractivity contribution in [2.45, 2.75) is 89.1 Å². The zero-order valence-electron chi connectivity index (χ0n) is 16.7. The molecule has 0 radical (unpaired) electrons. The first-order chi connectivity index (χ1) is 13.1. The van der Waals surface area contributed by atoms with Crippen molar-refractivity contribution in [3.05, 3.63) is 0 Å². The van der Waals surface area contributed by atoms with Gasteiger partial charge < -0.3 is 16.0 Å². The van der Waals surface area contributed by atoms with Crippen molar-refractivity contribution in [2.24, 2.45) is 29.4 Å². The summed E-state index contributed by atoms with van der Waals surface area (Å²) in [6.45, 7) is 1.60. The molecule has 2 unspecified atom stereocenters. The fourth-order valence-corrected chi connectivity index (χ4v) is 6.18. The Bertz CT molecular complexity index is 524. The van der Waals surface area contributed by atoms with Crippen LogP contribution in [0.5, 0.6) is 0 Å². The van der Waals surface area contributed by atoms with E-state index in [1.54, 1.807) is 0 Å². The van der Waals surface area contributed by atoms with Gasteiger partial charge in [0.1, 0.15) is 0 Å². The predicted molar refractivity (Wildman–Crippen MR) is 106 cm³/mol. The highest BCUT2D eigenvalue weighted by Crippen LogP contribution is 2.42. The van der Waals surface area contributed by atoms with E-state index in [-0.39, 0.29) is 23.8 Å². The third-order valence-corrected chi connectivity index (χ3v) is 7.89. The molecule has 2 bridgehead atoms. The lowest BCUT2D eigenvalue weighted by Crippen LogP contribution is -2.52. The third kappa shape index (κ3) is 4.33. The molecule has 3 aliphatic carbocycles. The predicted octanol–water partition coefficient (Wildman–Crippen LogP) is 2.83. The fourth-order valence-electron chi connectivity index (χ4n) is 6.18. The summed E-state index contributed by atoms with van der Waals surface area (Å²) in [5.41, 5.74) is 6.39. The first-order valence-corrected chi connectivity index (χ1v) is 11.5. The van der Waals surface area contributed by atoms with Gasteiger partial charge in [-0.3, -0.25) is 9.59 Å². The monoisotopic (exact) mass is 375 g/mol. The maximum atomic E-state index is 13.1. The van der Waals surface area contributed by atoms with Gasteiger partial charge in [-0.25, -0.2) is 0 Å². The van der Waals surface area contributed by atoms with Crippen molar-refractivity contribution >= 4 is 11.8 Å². The van der Waals surface area contributed by atoms with Gasteiger partial charge in [0.15, 0.2) is 0 Å². The molecule has 152 valence electrons. The second-order valence-electron chi connectivity index (χ2n) is 9.64. The number of carbonyl (C=O) groups excluding carboxylic acids is 2. The van der Waals surface area contributed by atoms with E-state index >= 15 is 0 Å². The van der Waals surface area contributed by atoms with Gasteiger partial charge in [-0.2, -0.15) is 0 Å². The van der Waals surface area contributed by atoms with Crippen LogP contribution in [0.25, 0.3) is 0 Å². The van der Waals surface area contributed by atoms with Gasteiger partial charge in [0.05, 0.1) is 0 Å². The van der Waals surface area contributed by atoms with E-state index in [0.717, 1.165) is 51.6 Å². The largest absolute Gasteiger partial charge is 0.353 e. The molecule has 4 rings (SSSR count). The molecule has 4 aliphatic rings. The van der Waals surface area contributed by atoms with Crippen LogP contribution >= 0.6 is 0 Å². The van der Waals surface area contributed by atoms with Crippen LogP contribution < -0.4 is 11.1 Å². The van der Waals surface area contributed by atoms with Gasteiger partial charge in [0.25, 0.3) is 0 Å². The summed E-state index contributed by atoms with van der Waals surface area (Å²) in [4.78, 5) is 27.6. The van der Waals surface area contributed by atoms with E-state index in [0.29, 0.717) is 23.8 Å². The minimum Gasteiger partial charge on any atom is -0.353 e. The van der Waals surface area contributed by atoms with Gasteiger partial charge in [-0.1, -0.05) is 25.7 Å². The molecule has 1 heterocycles. The number of nitrogens with two attached hydrogens (primary N) is 1. The minimum absolute atomic E-state index is 0.188. The topological polar surface area (TPSA) is 75.4 Å². The number of hydrogen-bond donors (Lipinski definition) is 2. The summed E-state index contributed by atoms with van der Waals surface area (Å²) in [7, 11) is 0. The molecule has 1 saturated heterocycles. The van der Waals surface area contributed by atoms with Crippen molar-refractivity contribution in [2.75, 3.05) is 13.1 Å². The zero-order chi connectivity index (χ0) is 18.8. The standard InChI is InChI=1S/C22H37N3O2/c23-20-16-7-4-8-17(20)14-18(13-16)22(27)25-11-9-19(10-12-25)24-21(26)15-5-2-1-3-6-15/h15-20H,1-14,23H2,(H,24,26). The van der Waals surface area contributed by atoms with Crippen LogP contribution in [0.3, 0.4) is 0 Å². The maximum absolute atomic E-state index is 13.1. The highest BCUT2D eigenvalue weighted by atomic mass is 16.2. The second kappa shape index (κ2) is 8.50. The Morgan fingerprint density at radius 1 is 0.778 bits per heavy atom. The number of likely N-dealkylation sites (tertiary alicyclic amines) is 1. The van der Waals surface area contributed by atoms with Gasteiger partial charge in [0.2, 0.25) is 11.8 Å². The Balaban J connectivity index is 1.24. The summed E-state index contributed by atoms with van der Waals surface area (Å²) in [6.07, 6.45) is 13.3. The highest BCUT2D eigenvalue weighted by molar-refractivity contribution is 5.80. The lowest BCUT2D eigenvalue weighted by molar-refractivity contribution is -0.139. The second-order valence-corrected chi connectivity index (χ2v) is 9.64. The van der Waals surface area contributed by atoms with E-state index in [1.807, 2.05) is 0 Å². The molecule has 0 spiro atoms. The molecule has 27 heavy (non-hydrogen) atoms. The van der Waals surface area contributed by atoms with Crippen molar-refractivity contribution in [3.63, 3.8) is 0 Å². The Labute approximate surface area is 163 Å². The van der Waals surface area contributed by atoms with E-state index in [2.05, 4.69) is 10.2 Å². The molecule has 0 aromatic rings. The number of carbonyl (C=O) groups is 2. The smallest absolute Gasteiger partial charge is 0.225 e. The van der Waals surface area contributed by atoms with Crippen LogP contribution in [0.1, 0.15) is 77.0 Å². The summed E-state index contributed by atoms with van der Waals surface area (Å²) >= 11 is 0. The molecule has 1 aliphatic heterocycles. The van der Waals surface area contributed by atoms with Crippen molar-refractivity contribution < 1.29 is 9.59 Å². The Morgan fingerprint density at radius 2 is 1.41 bits per heavy atom. The molecule has 2 atom stereocenters. The van der Waals surface area contributed by atoms with Gasteiger partial charge >= 0.3 is 0 Å². The van der Waals surface area contributed by atoms with Gasteiger partial charge in [0, 0.05) is 37.0 Å². The third-order valence-electron chi connectivity index (χ3n) is 7.89. The molecule has 0 aromatic carbocycles. The van der Waals surface area contributed by atoms with Crippen molar-refractivity contribution in [1.82, 2.24) is 10.2 Å². The molecule has 5 heteroatoms. The van der Waals surface area contributed by atoms with Crippen LogP contribution in [-0.4, -0.2) is 41.9 Å². The number of nitrogens with zero attached hydrogens (tertiary/aromatic N) is 1. The molecule has 3 N–H and O–H groups in total. The minimum atomic E-state index is 0.188. The molecular formula is C22H37N3O2. The quantitative estimate of drug-likeness (QED) is 0.796. The summed E-state index contributed by atoms with van der Waals surface area (Å²) in [5.74, 6) is 2.14. The zero-order valence-corrected chi connectivity index (χ0v) is 16.7. The van der Waals surface area contributed by atoms with Crippen LogP contribution in [0.2, 0.25) is 0 Å². The Morgan fingerprint density at radius 3 is 2.04 bits per heavy atom. The van der Waals surface area contributed by atoms with Crippen LogP contribution in [0.15, 0.2) is 0 Å². The van der Waals surface area contributed by atoms with Gasteiger partial charge in [-0.05, 0) is 63.2 Å². The molecule has 2 amide bonds. The summed E-state index contributed by atoms with van der Waals surface area (Å²) < 4.78 is 0. The Hall–Kier alpha value is -1.10. The van der Waals surface area contributed by atoms with E-state index in [1.165, 1.54) is 38.5 Å². The molecule has 4 fully saturated rings. The first kappa shape index (κ1) is 19.2. The highest BCUT2D eigenvalue weighted by Gasteiger charge is 2.42. The molecule has 5 nitrogen and oxygen atoms in total. The number of amides is 2. The van der Waals surface area contributed by atoms with Crippen LogP contribution in [-0.2, 0) is 9.59 Å². The van der Waals surface area contributed by atoms with Crippen LogP contribution in [0, 0.1) is 23.7 Å². The molecule has 3 saturated carbocycles. The van der Waals surface area contributed by atoms with Crippen LogP contribution in [0.4, 0.5) is 0 Å². The number of piperidine rings is 1. The summed E-state index contributed by atoms with van der Waals surface area (Å²) in [5, 5.41) is 3.27. The lowest BCUT2D eigenvalue weighted by Gasteiger charge is -2.45. The number of fused-ring (bicyclic) bond motifs is 2. The maximum Gasteiger partial charge on any atom is 0.225 e. The first-order valence-electron chi connectivity index (χ1n) is 11.5. The average molecular weight is 376 g/mol. The normalized spacial score (nSPS) is 35.7. The number of hydrogen-bond acceptors (Lipinski definition) is 3. The van der Waals surface area contributed by atoms with E-state index < -0.39 is 0 Å². The Kier molecular flexibility index (Phi) is 6.05. The van der Waals surface area contributed by atoms with E-state index in [9.17, 15) is 9.59 Å². The van der Waals surface area contributed by atoms with Gasteiger partial charge in [-0.15, -0.1) is 0 Å². The molecular weight excluding hydrogens is 338 g/mol. The molecule has 0 aromatic heterocycles. The average Bonchev–Trinajstić information content (AvgIpc) is 2.68. The fraction of sp³-hybridized carbons (Fsp3) is 0.909. The number of rotatable bonds is 3. The van der Waals surface area contributed by atoms with Crippen molar-refractivity contribution in [3.8, 4) is 0 Å². The van der Waals surface area contributed by atoms with E-state index in [4.69, 9.17) is 5.73 Å².